The van der Waals surface area contributed by atoms with Gasteiger partial charge in [0.15, 0.2) is 0 Å². The third-order valence-corrected chi connectivity index (χ3v) is 3.61. The third kappa shape index (κ3) is 3.97. The molecule has 2 aromatic carbocycles. The zero-order valence-corrected chi connectivity index (χ0v) is 14.3. The zero-order valence-electron chi connectivity index (χ0n) is 14.3. The van der Waals surface area contributed by atoms with Crippen LogP contribution in [0.4, 0.5) is 11.4 Å². The molecule has 0 unspecified atom stereocenters. The van der Waals surface area contributed by atoms with Crippen molar-refractivity contribution in [2.24, 2.45) is 0 Å². The summed E-state index contributed by atoms with van der Waals surface area (Å²) < 4.78 is 10.4. The first-order valence-corrected chi connectivity index (χ1v) is 7.44. The molecule has 0 atom stereocenters. The Labute approximate surface area is 141 Å². The Bertz CT molecular complexity index is 707. The SMILES string of the molecule is COc1cc(NC(=O)c2ccc(CO)c(N(C)C)c2)cc(OC)c1. The van der Waals surface area contributed by atoms with Crippen molar-refractivity contribution in [1.82, 2.24) is 0 Å². The van der Waals surface area contributed by atoms with Crippen LogP contribution in [-0.2, 0) is 6.61 Å². The molecule has 0 fully saturated rings. The molecule has 0 aliphatic carbocycles. The van der Waals surface area contributed by atoms with Gasteiger partial charge in [-0.15, -0.1) is 0 Å². The molecule has 0 heterocycles. The number of benzene rings is 2. The van der Waals surface area contributed by atoms with Crippen molar-refractivity contribution >= 4 is 17.3 Å². The number of nitrogens with zero attached hydrogens (tertiary/aromatic N) is 1. The first-order valence-electron chi connectivity index (χ1n) is 7.44. The summed E-state index contributed by atoms with van der Waals surface area (Å²) in [6.45, 7) is -0.0809. The number of nitrogens with one attached hydrogen (secondary N) is 1. The van der Waals surface area contributed by atoms with Gasteiger partial charge in [-0.25, -0.2) is 0 Å². The van der Waals surface area contributed by atoms with E-state index in [9.17, 15) is 9.90 Å². The quantitative estimate of drug-likeness (QED) is 0.851. The number of methoxy groups -OCH3 is 2. The monoisotopic (exact) mass is 330 g/mol. The number of carbonyl (C=O) groups excluding carboxylic acids is 1. The van der Waals surface area contributed by atoms with Gasteiger partial charge in [0.2, 0.25) is 0 Å². The lowest BCUT2D eigenvalue weighted by molar-refractivity contribution is 0.102. The number of carbonyl (C=O) groups is 1. The molecule has 6 heteroatoms. The van der Waals surface area contributed by atoms with Crippen molar-refractivity contribution < 1.29 is 19.4 Å². The van der Waals surface area contributed by atoms with Crippen molar-refractivity contribution in [3.05, 3.63) is 47.5 Å². The summed E-state index contributed by atoms with van der Waals surface area (Å²) in [4.78, 5) is 14.4. The topological polar surface area (TPSA) is 71.0 Å². The maximum atomic E-state index is 12.5. The maximum Gasteiger partial charge on any atom is 0.255 e. The maximum absolute atomic E-state index is 12.5. The Morgan fingerprint density at radius 3 is 2.21 bits per heavy atom. The molecule has 2 N–H and O–H groups in total. The highest BCUT2D eigenvalue weighted by atomic mass is 16.5. The predicted octanol–water partition coefficient (Wildman–Crippen LogP) is 2.51. The molecule has 0 spiro atoms. The van der Waals surface area contributed by atoms with Gasteiger partial charge in [-0.1, -0.05) is 6.07 Å². The lowest BCUT2D eigenvalue weighted by Crippen LogP contribution is -2.16. The van der Waals surface area contributed by atoms with E-state index < -0.39 is 0 Å². The Morgan fingerprint density at radius 1 is 1.08 bits per heavy atom. The number of hydrogen-bond donors (Lipinski definition) is 2. The summed E-state index contributed by atoms with van der Waals surface area (Å²) in [5.74, 6) is 0.932. The van der Waals surface area contributed by atoms with Crippen LogP contribution in [0.1, 0.15) is 15.9 Å². The van der Waals surface area contributed by atoms with Crippen molar-refractivity contribution in [2.75, 3.05) is 38.5 Å². The number of aliphatic hydroxyl groups excluding tert-OH is 1. The summed E-state index contributed by atoms with van der Waals surface area (Å²) >= 11 is 0. The lowest BCUT2D eigenvalue weighted by atomic mass is 10.1. The van der Waals surface area contributed by atoms with Crippen molar-refractivity contribution in [3.8, 4) is 11.5 Å². The number of anilines is 2. The second-order valence-electron chi connectivity index (χ2n) is 5.45. The molecule has 0 aromatic heterocycles. The van der Waals surface area contributed by atoms with Gasteiger partial charge >= 0.3 is 0 Å². The van der Waals surface area contributed by atoms with Crippen LogP contribution in [-0.4, -0.2) is 39.3 Å². The molecule has 0 bridgehead atoms. The van der Waals surface area contributed by atoms with Crippen LogP contribution in [0.5, 0.6) is 11.5 Å². The van der Waals surface area contributed by atoms with Crippen LogP contribution in [0.2, 0.25) is 0 Å². The Balaban J connectivity index is 2.28. The van der Waals surface area contributed by atoms with Gasteiger partial charge in [0.1, 0.15) is 11.5 Å². The molecule has 128 valence electrons. The highest BCUT2D eigenvalue weighted by Gasteiger charge is 2.12. The van der Waals surface area contributed by atoms with E-state index in [1.165, 1.54) is 0 Å². The minimum Gasteiger partial charge on any atom is -0.497 e. The highest BCUT2D eigenvalue weighted by molar-refractivity contribution is 6.05. The number of hydrogen-bond acceptors (Lipinski definition) is 5. The van der Waals surface area contributed by atoms with Gasteiger partial charge in [0.05, 0.1) is 20.8 Å². The fourth-order valence-electron chi connectivity index (χ4n) is 2.34. The Hall–Kier alpha value is -2.73. The second-order valence-corrected chi connectivity index (χ2v) is 5.45. The summed E-state index contributed by atoms with van der Waals surface area (Å²) in [6.07, 6.45) is 0. The summed E-state index contributed by atoms with van der Waals surface area (Å²) in [6, 6.07) is 10.3. The fraction of sp³-hybridized carbons (Fsp3) is 0.278. The smallest absolute Gasteiger partial charge is 0.255 e. The fourth-order valence-corrected chi connectivity index (χ4v) is 2.34. The van der Waals surface area contributed by atoms with Crippen LogP contribution in [0.3, 0.4) is 0 Å². The molecule has 1 amide bonds. The van der Waals surface area contributed by atoms with E-state index in [0.717, 1.165) is 11.3 Å². The van der Waals surface area contributed by atoms with Crippen LogP contribution in [0.25, 0.3) is 0 Å². The molecule has 0 saturated carbocycles. The molecular weight excluding hydrogens is 308 g/mol. The predicted molar refractivity (Wildman–Crippen MR) is 94.2 cm³/mol. The number of aliphatic hydroxyl groups is 1. The van der Waals surface area contributed by atoms with Gasteiger partial charge in [-0.3, -0.25) is 4.79 Å². The molecule has 0 radical (unpaired) electrons. The number of ether oxygens (including phenoxy) is 2. The number of rotatable bonds is 6. The Kier molecular flexibility index (Phi) is 5.65. The second kappa shape index (κ2) is 7.70. The highest BCUT2D eigenvalue weighted by Crippen LogP contribution is 2.27. The molecule has 0 aliphatic rings. The molecule has 2 rings (SSSR count). The van der Waals surface area contributed by atoms with Gasteiger partial charge in [0.25, 0.3) is 5.91 Å². The summed E-state index contributed by atoms with van der Waals surface area (Å²) in [5, 5.41) is 12.2. The summed E-state index contributed by atoms with van der Waals surface area (Å²) in [5.41, 5.74) is 2.64. The van der Waals surface area contributed by atoms with E-state index in [0.29, 0.717) is 22.7 Å². The molecule has 0 saturated heterocycles. The Morgan fingerprint density at radius 2 is 1.71 bits per heavy atom. The third-order valence-electron chi connectivity index (χ3n) is 3.61. The minimum atomic E-state index is -0.252. The largest absolute Gasteiger partial charge is 0.497 e. The van der Waals surface area contributed by atoms with E-state index in [1.807, 2.05) is 19.0 Å². The summed E-state index contributed by atoms with van der Waals surface area (Å²) in [7, 11) is 6.83. The average Bonchev–Trinajstić information content (AvgIpc) is 2.60. The normalized spacial score (nSPS) is 10.2. The molecular formula is C18H22N2O4. The van der Waals surface area contributed by atoms with Gasteiger partial charge in [-0.05, 0) is 12.1 Å². The van der Waals surface area contributed by atoms with E-state index >= 15 is 0 Å². The molecule has 0 aliphatic heterocycles. The van der Waals surface area contributed by atoms with E-state index in [1.54, 1.807) is 50.6 Å². The van der Waals surface area contributed by atoms with Gasteiger partial charge < -0.3 is 24.8 Å². The van der Waals surface area contributed by atoms with Crippen molar-refractivity contribution in [1.29, 1.82) is 0 Å². The van der Waals surface area contributed by atoms with Crippen molar-refractivity contribution in [2.45, 2.75) is 6.61 Å². The van der Waals surface area contributed by atoms with E-state index in [4.69, 9.17) is 9.47 Å². The first kappa shape index (κ1) is 17.6. The minimum absolute atomic E-state index is 0.0809. The van der Waals surface area contributed by atoms with Crippen LogP contribution in [0, 0.1) is 0 Å². The average molecular weight is 330 g/mol. The van der Waals surface area contributed by atoms with Crippen LogP contribution in [0.15, 0.2) is 36.4 Å². The van der Waals surface area contributed by atoms with Crippen LogP contribution >= 0.6 is 0 Å². The van der Waals surface area contributed by atoms with E-state index in [-0.39, 0.29) is 12.5 Å². The molecule has 6 nitrogen and oxygen atoms in total. The standard InChI is InChI=1S/C18H22N2O4/c1-20(2)17-7-12(5-6-13(17)11-21)18(22)19-14-8-15(23-3)10-16(9-14)24-4/h5-10,21H,11H2,1-4H3,(H,19,22). The van der Waals surface area contributed by atoms with Crippen LogP contribution < -0.4 is 19.7 Å². The zero-order chi connectivity index (χ0) is 17.7. The van der Waals surface area contributed by atoms with E-state index in [2.05, 4.69) is 5.32 Å². The lowest BCUT2D eigenvalue weighted by Gasteiger charge is -2.18. The van der Waals surface area contributed by atoms with Gasteiger partial charge in [-0.2, -0.15) is 0 Å². The van der Waals surface area contributed by atoms with Gasteiger partial charge in [0, 0.05) is 54.8 Å². The first-order chi connectivity index (χ1) is 11.5. The van der Waals surface area contributed by atoms with Crippen molar-refractivity contribution in [3.63, 3.8) is 0 Å². The molecule has 2 aromatic rings. The molecule has 24 heavy (non-hydrogen) atoms. The number of amides is 1.